The second kappa shape index (κ2) is 5.37. The molecule has 1 aromatic carbocycles. The minimum Gasteiger partial charge on any atom is -0.317 e. The summed E-state index contributed by atoms with van der Waals surface area (Å²) in [4.78, 5) is 17.6. The van der Waals surface area contributed by atoms with Crippen molar-refractivity contribution < 1.29 is 0 Å². The first kappa shape index (κ1) is 13.3. The van der Waals surface area contributed by atoms with Crippen LogP contribution in [0.3, 0.4) is 0 Å². The van der Waals surface area contributed by atoms with Crippen LogP contribution >= 0.6 is 0 Å². The number of hydrogen-bond acceptors (Lipinski definition) is 3. The van der Waals surface area contributed by atoms with E-state index in [2.05, 4.69) is 19.2 Å². The summed E-state index contributed by atoms with van der Waals surface area (Å²) in [5.41, 5.74) is 0.919. The molecular formula is C16H21N3O. The van der Waals surface area contributed by atoms with Gasteiger partial charge in [-0.25, -0.2) is 4.98 Å². The van der Waals surface area contributed by atoms with Crippen LogP contribution in [0.4, 0.5) is 0 Å². The smallest absolute Gasteiger partial charge is 0.261 e. The number of nitrogens with zero attached hydrogens (tertiary/aromatic N) is 2. The Kier molecular flexibility index (Phi) is 3.57. The number of piperidine rings is 1. The van der Waals surface area contributed by atoms with Crippen molar-refractivity contribution >= 4 is 10.9 Å². The van der Waals surface area contributed by atoms with Crippen LogP contribution in [0.5, 0.6) is 0 Å². The van der Waals surface area contributed by atoms with E-state index in [1.165, 1.54) is 0 Å². The van der Waals surface area contributed by atoms with Crippen molar-refractivity contribution in [2.24, 2.45) is 0 Å². The number of rotatable bonds is 2. The average Bonchev–Trinajstić information content (AvgIpc) is 2.47. The van der Waals surface area contributed by atoms with Gasteiger partial charge in [-0.2, -0.15) is 0 Å². The fourth-order valence-corrected chi connectivity index (χ4v) is 3.03. The van der Waals surface area contributed by atoms with E-state index >= 15 is 0 Å². The predicted octanol–water partition coefficient (Wildman–Crippen LogP) is 2.44. The molecular weight excluding hydrogens is 250 g/mol. The molecule has 1 aliphatic heterocycles. The molecule has 1 aromatic heterocycles. The maximum absolute atomic E-state index is 12.7. The van der Waals surface area contributed by atoms with Crippen molar-refractivity contribution in [3.63, 3.8) is 0 Å². The van der Waals surface area contributed by atoms with Gasteiger partial charge in [0, 0.05) is 12.0 Å². The zero-order valence-corrected chi connectivity index (χ0v) is 12.1. The molecule has 0 aliphatic carbocycles. The van der Waals surface area contributed by atoms with Crippen LogP contribution < -0.4 is 10.9 Å². The zero-order valence-electron chi connectivity index (χ0n) is 12.1. The third kappa shape index (κ3) is 2.24. The Hall–Kier alpha value is -1.68. The summed E-state index contributed by atoms with van der Waals surface area (Å²) < 4.78 is 1.89. The molecule has 0 amide bonds. The summed E-state index contributed by atoms with van der Waals surface area (Å²) in [6, 6.07) is 7.80. The van der Waals surface area contributed by atoms with Gasteiger partial charge in [0.1, 0.15) is 5.82 Å². The van der Waals surface area contributed by atoms with Crippen molar-refractivity contribution in [1.29, 1.82) is 0 Å². The second-order valence-corrected chi connectivity index (χ2v) is 5.78. The van der Waals surface area contributed by atoms with Crippen molar-refractivity contribution in [2.45, 2.75) is 38.6 Å². The van der Waals surface area contributed by atoms with Gasteiger partial charge in [0.25, 0.3) is 5.56 Å². The summed E-state index contributed by atoms with van der Waals surface area (Å²) in [7, 11) is 0. The topological polar surface area (TPSA) is 46.9 Å². The Labute approximate surface area is 118 Å². The lowest BCUT2D eigenvalue weighted by Crippen LogP contribution is -2.33. The SMILES string of the molecule is CC(C)n1c(C2CCNCC2)nc2ccccc2c1=O. The summed E-state index contributed by atoms with van der Waals surface area (Å²) >= 11 is 0. The first-order chi connectivity index (χ1) is 9.68. The predicted molar refractivity (Wildman–Crippen MR) is 81.2 cm³/mol. The lowest BCUT2D eigenvalue weighted by Gasteiger charge is -2.26. The van der Waals surface area contributed by atoms with Gasteiger partial charge in [-0.05, 0) is 51.9 Å². The van der Waals surface area contributed by atoms with Gasteiger partial charge in [-0.3, -0.25) is 9.36 Å². The van der Waals surface area contributed by atoms with Crippen molar-refractivity contribution in [3.8, 4) is 0 Å². The van der Waals surface area contributed by atoms with Crippen LogP contribution in [-0.2, 0) is 0 Å². The van der Waals surface area contributed by atoms with E-state index in [4.69, 9.17) is 4.98 Å². The molecule has 3 rings (SSSR count). The van der Waals surface area contributed by atoms with Gasteiger partial charge in [0.05, 0.1) is 10.9 Å². The molecule has 0 bridgehead atoms. The van der Waals surface area contributed by atoms with Crippen molar-refractivity contribution in [1.82, 2.24) is 14.9 Å². The number of benzene rings is 1. The van der Waals surface area contributed by atoms with Crippen LogP contribution in [-0.4, -0.2) is 22.6 Å². The van der Waals surface area contributed by atoms with Gasteiger partial charge < -0.3 is 5.32 Å². The molecule has 1 aliphatic rings. The van der Waals surface area contributed by atoms with Crippen LogP contribution in [0.1, 0.15) is 44.5 Å². The van der Waals surface area contributed by atoms with E-state index in [9.17, 15) is 4.79 Å². The van der Waals surface area contributed by atoms with Gasteiger partial charge in [-0.15, -0.1) is 0 Å². The van der Waals surface area contributed by atoms with Crippen LogP contribution in [0.2, 0.25) is 0 Å². The number of hydrogen-bond donors (Lipinski definition) is 1. The first-order valence-electron chi connectivity index (χ1n) is 7.40. The lowest BCUT2D eigenvalue weighted by molar-refractivity contribution is 0.411. The highest BCUT2D eigenvalue weighted by molar-refractivity contribution is 5.77. The molecule has 1 fully saturated rings. The molecule has 0 saturated carbocycles. The monoisotopic (exact) mass is 271 g/mol. The van der Waals surface area contributed by atoms with Crippen LogP contribution in [0.25, 0.3) is 10.9 Å². The molecule has 2 heterocycles. The van der Waals surface area contributed by atoms with E-state index in [0.29, 0.717) is 5.92 Å². The van der Waals surface area contributed by atoms with Gasteiger partial charge in [0.2, 0.25) is 0 Å². The number of fused-ring (bicyclic) bond motifs is 1. The number of nitrogens with one attached hydrogen (secondary N) is 1. The summed E-state index contributed by atoms with van der Waals surface area (Å²) in [6.45, 7) is 6.13. The molecule has 0 atom stereocenters. The Balaban J connectivity index is 2.23. The van der Waals surface area contributed by atoms with Gasteiger partial charge >= 0.3 is 0 Å². The number of aromatic nitrogens is 2. The lowest BCUT2D eigenvalue weighted by atomic mass is 9.96. The Morgan fingerprint density at radius 2 is 1.95 bits per heavy atom. The fourth-order valence-electron chi connectivity index (χ4n) is 3.03. The minimum atomic E-state index is 0.0964. The summed E-state index contributed by atoms with van der Waals surface area (Å²) in [5.74, 6) is 1.35. The van der Waals surface area contributed by atoms with E-state index in [1.807, 2.05) is 28.8 Å². The Morgan fingerprint density at radius 3 is 2.65 bits per heavy atom. The van der Waals surface area contributed by atoms with E-state index in [-0.39, 0.29) is 11.6 Å². The standard InChI is InChI=1S/C16H21N3O/c1-11(2)19-15(12-7-9-17-10-8-12)18-14-6-4-3-5-13(14)16(19)20/h3-6,11-12,17H,7-10H2,1-2H3. The quantitative estimate of drug-likeness (QED) is 0.912. The van der Waals surface area contributed by atoms with Crippen LogP contribution in [0, 0.1) is 0 Å². The molecule has 20 heavy (non-hydrogen) atoms. The van der Waals surface area contributed by atoms with E-state index in [0.717, 1.165) is 42.7 Å². The highest BCUT2D eigenvalue weighted by atomic mass is 16.1. The minimum absolute atomic E-state index is 0.0964. The third-order valence-electron chi connectivity index (χ3n) is 4.06. The first-order valence-corrected chi connectivity index (χ1v) is 7.40. The Bertz CT molecular complexity index is 669. The zero-order chi connectivity index (χ0) is 14.1. The highest BCUT2D eigenvalue weighted by Gasteiger charge is 2.23. The van der Waals surface area contributed by atoms with Crippen LogP contribution in [0.15, 0.2) is 29.1 Å². The maximum Gasteiger partial charge on any atom is 0.261 e. The summed E-state index contributed by atoms with van der Waals surface area (Å²) in [6.07, 6.45) is 2.11. The summed E-state index contributed by atoms with van der Waals surface area (Å²) in [5, 5.41) is 4.09. The average molecular weight is 271 g/mol. The van der Waals surface area contributed by atoms with Crippen molar-refractivity contribution in [2.75, 3.05) is 13.1 Å². The highest BCUT2D eigenvalue weighted by Crippen LogP contribution is 2.25. The molecule has 2 aromatic rings. The van der Waals surface area contributed by atoms with E-state index < -0.39 is 0 Å². The Morgan fingerprint density at radius 1 is 1.25 bits per heavy atom. The second-order valence-electron chi connectivity index (χ2n) is 5.78. The molecule has 0 spiro atoms. The van der Waals surface area contributed by atoms with E-state index in [1.54, 1.807) is 0 Å². The fraction of sp³-hybridized carbons (Fsp3) is 0.500. The molecule has 0 unspecified atom stereocenters. The molecule has 1 saturated heterocycles. The molecule has 106 valence electrons. The molecule has 0 radical (unpaired) electrons. The van der Waals surface area contributed by atoms with Crippen molar-refractivity contribution in [3.05, 3.63) is 40.4 Å². The third-order valence-corrected chi connectivity index (χ3v) is 4.06. The molecule has 4 nitrogen and oxygen atoms in total. The maximum atomic E-state index is 12.7. The normalized spacial score (nSPS) is 16.9. The van der Waals surface area contributed by atoms with Gasteiger partial charge in [0.15, 0.2) is 0 Å². The largest absolute Gasteiger partial charge is 0.317 e. The molecule has 1 N–H and O–H groups in total. The number of para-hydroxylation sites is 1. The van der Waals surface area contributed by atoms with Gasteiger partial charge in [-0.1, -0.05) is 12.1 Å². The molecule has 4 heteroatoms.